The van der Waals surface area contributed by atoms with E-state index in [4.69, 9.17) is 0 Å². The molecular weight excluding hydrogens is 553 g/mol. The van der Waals surface area contributed by atoms with Crippen LogP contribution in [-0.4, -0.2) is 65.1 Å². The molecule has 0 unspecified atom stereocenters. The topological polar surface area (TPSA) is 116 Å². The summed E-state index contributed by atoms with van der Waals surface area (Å²) in [5.41, 5.74) is 0.312. The third kappa shape index (κ3) is 7.03. The highest BCUT2D eigenvalue weighted by molar-refractivity contribution is 5.95. The van der Waals surface area contributed by atoms with Crippen LogP contribution in [0.4, 0.5) is 10.1 Å². The van der Waals surface area contributed by atoms with Gasteiger partial charge in [0.2, 0.25) is 12.0 Å². The number of carbonyl (C=O) groups excluding carboxylic acids is 2. The van der Waals surface area contributed by atoms with Crippen molar-refractivity contribution < 1.29 is 28.4 Å². The lowest BCUT2D eigenvalue weighted by Gasteiger charge is -2.36. The summed E-state index contributed by atoms with van der Waals surface area (Å²) >= 11 is 0. The van der Waals surface area contributed by atoms with Gasteiger partial charge < -0.3 is 24.8 Å². The maximum atomic E-state index is 15.3. The first-order chi connectivity index (χ1) is 20.8. The van der Waals surface area contributed by atoms with Crippen molar-refractivity contribution in [1.82, 2.24) is 14.8 Å². The summed E-state index contributed by atoms with van der Waals surface area (Å²) in [6, 6.07) is 6.28. The van der Waals surface area contributed by atoms with Gasteiger partial charge in [0.15, 0.2) is 12.4 Å². The molecule has 0 atom stereocenters. The Bertz CT molecular complexity index is 1560. The first kappa shape index (κ1) is 30.2. The van der Waals surface area contributed by atoms with E-state index < -0.39 is 17.2 Å². The van der Waals surface area contributed by atoms with Crippen molar-refractivity contribution in [2.24, 2.45) is 0 Å². The van der Waals surface area contributed by atoms with Gasteiger partial charge in [-0.15, -0.1) is 0 Å². The van der Waals surface area contributed by atoms with E-state index in [1.807, 2.05) is 4.90 Å². The molecule has 3 aromatic rings. The quantitative estimate of drug-likeness (QED) is 0.246. The van der Waals surface area contributed by atoms with Gasteiger partial charge in [-0.3, -0.25) is 14.4 Å². The number of halogens is 1. The summed E-state index contributed by atoms with van der Waals surface area (Å²) in [5.74, 6) is -2.12. The number of carbonyl (C=O) groups is 3. The van der Waals surface area contributed by atoms with Gasteiger partial charge in [-0.05, 0) is 31.4 Å². The molecule has 11 heteroatoms. The van der Waals surface area contributed by atoms with Crippen LogP contribution in [0, 0.1) is 5.82 Å². The number of aromatic nitrogens is 2. The summed E-state index contributed by atoms with van der Waals surface area (Å²) < 4.78 is 18.8. The molecule has 0 radical (unpaired) electrons. The molecule has 2 N–H and O–H groups in total. The van der Waals surface area contributed by atoms with Crippen LogP contribution in [0.5, 0.6) is 0 Å². The lowest BCUT2D eigenvalue weighted by molar-refractivity contribution is -0.684. The van der Waals surface area contributed by atoms with Crippen LogP contribution in [0.2, 0.25) is 0 Å². The van der Waals surface area contributed by atoms with Crippen LogP contribution >= 0.6 is 0 Å². The van der Waals surface area contributed by atoms with Crippen molar-refractivity contribution in [2.45, 2.75) is 64.5 Å². The van der Waals surface area contributed by atoms with E-state index in [1.165, 1.54) is 25.5 Å². The Kier molecular flexibility index (Phi) is 9.37. The van der Waals surface area contributed by atoms with Gasteiger partial charge in [0.05, 0.1) is 16.8 Å². The number of anilines is 1. The Morgan fingerprint density at radius 1 is 1.02 bits per heavy atom. The highest BCUT2D eigenvalue weighted by Gasteiger charge is 2.29. The molecule has 0 spiro atoms. The first-order valence-corrected chi connectivity index (χ1v) is 15.2. The molecule has 1 saturated heterocycles. The number of piperazine rings is 1. The van der Waals surface area contributed by atoms with Crippen LogP contribution in [0.25, 0.3) is 10.9 Å². The number of nitrogens with one attached hydrogen (secondary N) is 1. The Morgan fingerprint density at radius 3 is 2.37 bits per heavy atom. The number of benzene rings is 1. The molecule has 2 amide bonds. The molecule has 228 valence electrons. The summed E-state index contributed by atoms with van der Waals surface area (Å²) in [6.45, 7) is 4.61. The molecule has 43 heavy (non-hydrogen) atoms. The number of carboxylic acid groups (broad SMARTS) is 1. The minimum atomic E-state index is -1.33. The number of hydrogen-bond acceptors (Lipinski definition) is 5. The van der Waals surface area contributed by atoms with Crippen LogP contribution in [-0.2, 0) is 11.3 Å². The number of unbranched alkanes of at least 4 members (excludes halogenated alkanes) is 4. The highest BCUT2D eigenvalue weighted by Crippen LogP contribution is 2.38. The van der Waals surface area contributed by atoms with Crippen molar-refractivity contribution >= 4 is 34.4 Å². The van der Waals surface area contributed by atoms with Gasteiger partial charge in [0, 0.05) is 62.5 Å². The predicted octanol–water partition coefficient (Wildman–Crippen LogP) is 3.51. The minimum Gasteiger partial charge on any atom is -0.477 e. The lowest BCUT2D eigenvalue weighted by atomic mass is 10.1. The summed E-state index contributed by atoms with van der Waals surface area (Å²) in [5, 5.41) is 12.5. The van der Waals surface area contributed by atoms with Crippen LogP contribution in [0.15, 0.2) is 47.7 Å². The second-order valence-electron chi connectivity index (χ2n) is 11.4. The van der Waals surface area contributed by atoms with Gasteiger partial charge in [0.25, 0.3) is 11.8 Å². The Hall–Kier alpha value is -4.28. The molecule has 1 aliphatic heterocycles. The molecule has 1 aromatic carbocycles. The molecule has 0 bridgehead atoms. The zero-order chi connectivity index (χ0) is 30.5. The van der Waals surface area contributed by atoms with Crippen molar-refractivity contribution in [2.75, 3.05) is 37.6 Å². The first-order valence-electron chi connectivity index (χ1n) is 15.2. The summed E-state index contributed by atoms with van der Waals surface area (Å²) in [7, 11) is 0. The number of rotatable bonds is 12. The lowest BCUT2D eigenvalue weighted by Crippen LogP contribution is -2.49. The van der Waals surface area contributed by atoms with Gasteiger partial charge in [-0.1, -0.05) is 32.6 Å². The fourth-order valence-corrected chi connectivity index (χ4v) is 5.62. The summed E-state index contributed by atoms with van der Waals surface area (Å²) in [6.07, 6.45) is 12.2. The number of amides is 2. The van der Waals surface area contributed by atoms with Gasteiger partial charge in [-0.25, -0.2) is 9.18 Å². The second kappa shape index (κ2) is 13.4. The van der Waals surface area contributed by atoms with E-state index in [0.717, 1.165) is 31.7 Å². The van der Waals surface area contributed by atoms with Crippen LogP contribution in [0.3, 0.4) is 0 Å². The maximum absolute atomic E-state index is 15.3. The van der Waals surface area contributed by atoms with Gasteiger partial charge >= 0.3 is 5.97 Å². The van der Waals surface area contributed by atoms with Crippen molar-refractivity contribution in [3.05, 3.63) is 70.0 Å². The van der Waals surface area contributed by atoms with Crippen LogP contribution in [0.1, 0.15) is 78.6 Å². The third-order valence-electron chi connectivity index (χ3n) is 8.25. The molecule has 3 heterocycles. The number of nitrogens with zero attached hydrogens (tertiary/aromatic N) is 4. The molecule has 2 aliphatic rings. The molecule has 1 aliphatic carbocycles. The number of pyridine rings is 2. The van der Waals surface area contributed by atoms with E-state index in [1.54, 1.807) is 44.6 Å². The number of hydrogen-bond donors (Lipinski definition) is 2. The van der Waals surface area contributed by atoms with Gasteiger partial charge in [0.1, 0.15) is 11.4 Å². The van der Waals surface area contributed by atoms with E-state index in [2.05, 4.69) is 12.2 Å². The Labute approximate surface area is 249 Å². The monoisotopic (exact) mass is 592 g/mol. The van der Waals surface area contributed by atoms with Crippen LogP contribution < -0.4 is 20.2 Å². The normalized spacial score (nSPS) is 15.1. The van der Waals surface area contributed by atoms with E-state index in [-0.39, 0.29) is 35.4 Å². The zero-order valence-electron chi connectivity index (χ0n) is 24.6. The minimum absolute atomic E-state index is 0.0584. The maximum Gasteiger partial charge on any atom is 0.341 e. The fourth-order valence-electron chi connectivity index (χ4n) is 5.62. The van der Waals surface area contributed by atoms with E-state index in [0.29, 0.717) is 49.5 Å². The number of fused-ring (bicyclic) bond motifs is 1. The largest absolute Gasteiger partial charge is 0.477 e. The summed E-state index contributed by atoms with van der Waals surface area (Å²) in [4.78, 5) is 53.4. The van der Waals surface area contributed by atoms with E-state index >= 15 is 4.39 Å². The molecule has 2 aromatic heterocycles. The molecule has 5 rings (SSSR count). The fraction of sp³-hybridized carbons (Fsp3) is 0.469. The zero-order valence-corrected chi connectivity index (χ0v) is 24.6. The molecular formula is C32H39FN5O5+. The van der Waals surface area contributed by atoms with E-state index in [9.17, 15) is 24.3 Å². The third-order valence-corrected chi connectivity index (χ3v) is 8.25. The number of aromatic carboxylic acids is 1. The SMILES string of the molecule is CCCCCCCNC(=O)C[n+]1ccc(C(=O)N2CCN(c3cc4c(cc3F)c(=O)c(C(=O)O)cn4C3CC3)CC2)cc1. The standard InChI is InChI=1S/C32H38FN5O5/c1-2-3-4-5-6-11-34-29(39)21-35-12-9-22(10-13-35)31(41)37-16-14-36(15-17-37)28-19-27-24(18-26(28)33)30(40)25(32(42)43)20-38(27)23-7-8-23/h9-10,12-13,18-20,23H,2-8,11,14-17,21H2,1H3,(H-,34,39,42,43)/p+1. The van der Waals surface area contributed by atoms with Crippen molar-refractivity contribution in [3.8, 4) is 0 Å². The molecule has 10 nitrogen and oxygen atoms in total. The Morgan fingerprint density at radius 2 is 1.72 bits per heavy atom. The average molecular weight is 593 g/mol. The molecule has 1 saturated carbocycles. The Balaban J connectivity index is 1.19. The average Bonchev–Trinajstić information content (AvgIpc) is 3.85. The predicted molar refractivity (Wildman–Crippen MR) is 160 cm³/mol. The van der Waals surface area contributed by atoms with Crippen molar-refractivity contribution in [3.63, 3.8) is 0 Å². The second-order valence-corrected chi connectivity index (χ2v) is 11.4. The molecule has 2 fully saturated rings. The van der Waals surface area contributed by atoms with Crippen molar-refractivity contribution in [1.29, 1.82) is 0 Å². The highest BCUT2D eigenvalue weighted by atomic mass is 19.1. The number of carboxylic acids is 1. The van der Waals surface area contributed by atoms with Gasteiger partial charge in [-0.2, -0.15) is 4.57 Å². The smallest absolute Gasteiger partial charge is 0.341 e.